The number of allylic oxidation sites excluding steroid dienone is 1. The maximum Gasteiger partial charge on any atom is 0.408 e. The van der Waals surface area contributed by atoms with Crippen molar-refractivity contribution in [2.75, 3.05) is 5.75 Å². The lowest BCUT2D eigenvalue weighted by Crippen LogP contribution is -2.70. The maximum absolute atomic E-state index is 13.6. The molecule has 2 heterocycles. The number of halogens is 1. The minimum absolute atomic E-state index is 0.125. The predicted molar refractivity (Wildman–Crippen MR) is 139 cm³/mol. The molecule has 2 aliphatic rings. The number of alkyl carbamates (subject to hydrolysis) is 1. The number of hydrogen-bond donors (Lipinski definition) is 1. The first kappa shape index (κ1) is 25.9. The number of β-lactam (4-membered cyclic amide) rings is 1. The molecule has 0 radical (unpaired) electrons. The van der Waals surface area contributed by atoms with Crippen LogP contribution in [0.2, 0.25) is 0 Å². The van der Waals surface area contributed by atoms with Crippen LogP contribution in [0.1, 0.15) is 38.0 Å². The molecule has 2 atom stereocenters. The molecule has 0 aromatic heterocycles. The number of rotatable bonds is 6. The van der Waals surface area contributed by atoms with Gasteiger partial charge >= 0.3 is 12.1 Å². The van der Waals surface area contributed by atoms with Crippen LogP contribution in [0.4, 0.5) is 4.79 Å². The molecule has 0 bridgehead atoms. The van der Waals surface area contributed by atoms with Crippen molar-refractivity contribution in [1.29, 1.82) is 0 Å². The molecule has 9 heteroatoms. The van der Waals surface area contributed by atoms with E-state index in [9.17, 15) is 14.4 Å². The smallest absolute Gasteiger partial charge is 0.408 e. The summed E-state index contributed by atoms with van der Waals surface area (Å²) in [5.74, 6) is -0.649. The van der Waals surface area contributed by atoms with Gasteiger partial charge in [-0.05, 0) is 43.5 Å². The SMILES string of the molecule is CC(C)(C)OC(=O)NC1C(=O)N2C(C(=O)OC(c3ccccc3)c3ccccc3)=C(/C=C/Cl)CS[C@@H]12. The summed E-state index contributed by atoms with van der Waals surface area (Å²) in [7, 11) is 0. The number of amides is 2. The lowest BCUT2D eigenvalue weighted by atomic mass is 10.0. The van der Waals surface area contributed by atoms with Crippen molar-refractivity contribution in [3.05, 3.63) is 94.7 Å². The Morgan fingerprint density at radius 3 is 2.19 bits per heavy atom. The topological polar surface area (TPSA) is 84.9 Å². The molecule has 0 aliphatic carbocycles. The van der Waals surface area contributed by atoms with Crippen molar-refractivity contribution >= 4 is 41.3 Å². The van der Waals surface area contributed by atoms with Gasteiger partial charge in [0.1, 0.15) is 22.7 Å². The highest BCUT2D eigenvalue weighted by Gasteiger charge is 2.54. The van der Waals surface area contributed by atoms with Gasteiger partial charge in [0.05, 0.1) is 0 Å². The quantitative estimate of drug-likeness (QED) is 0.414. The number of benzene rings is 2. The lowest BCUT2D eigenvalue weighted by Gasteiger charge is -2.49. The van der Waals surface area contributed by atoms with Crippen LogP contribution in [0.5, 0.6) is 0 Å². The molecule has 2 amide bonds. The minimum atomic E-state index is -0.812. The zero-order valence-corrected chi connectivity index (χ0v) is 21.7. The van der Waals surface area contributed by atoms with Crippen LogP contribution < -0.4 is 5.32 Å². The van der Waals surface area contributed by atoms with E-state index >= 15 is 0 Å². The number of nitrogens with one attached hydrogen (secondary N) is 1. The number of esters is 1. The summed E-state index contributed by atoms with van der Waals surface area (Å²) in [6.45, 7) is 5.23. The molecule has 2 aromatic rings. The van der Waals surface area contributed by atoms with Crippen molar-refractivity contribution in [2.45, 2.75) is 43.9 Å². The molecule has 1 fully saturated rings. The number of hydrogen-bond acceptors (Lipinski definition) is 6. The second-order valence-corrected chi connectivity index (χ2v) is 10.7. The van der Waals surface area contributed by atoms with Crippen LogP contribution in [0, 0.1) is 0 Å². The zero-order chi connectivity index (χ0) is 25.9. The van der Waals surface area contributed by atoms with Gasteiger partial charge in [0.2, 0.25) is 0 Å². The Morgan fingerprint density at radius 2 is 1.67 bits per heavy atom. The van der Waals surface area contributed by atoms with Crippen molar-refractivity contribution in [1.82, 2.24) is 10.2 Å². The van der Waals surface area contributed by atoms with E-state index in [2.05, 4.69) is 5.32 Å². The van der Waals surface area contributed by atoms with E-state index in [0.29, 0.717) is 11.3 Å². The number of carbonyl (C=O) groups is 3. The van der Waals surface area contributed by atoms with Crippen molar-refractivity contribution < 1.29 is 23.9 Å². The van der Waals surface area contributed by atoms with Gasteiger partial charge in [-0.25, -0.2) is 9.59 Å². The molecule has 0 spiro atoms. The van der Waals surface area contributed by atoms with Gasteiger partial charge in [0.15, 0.2) is 6.10 Å². The van der Waals surface area contributed by atoms with E-state index in [1.54, 1.807) is 26.8 Å². The third kappa shape index (κ3) is 5.60. The molecule has 2 aliphatic heterocycles. The fourth-order valence-corrected chi connectivity index (χ4v) is 5.49. The molecule has 0 saturated carbocycles. The van der Waals surface area contributed by atoms with Crippen LogP contribution in [0.25, 0.3) is 0 Å². The Labute approximate surface area is 219 Å². The van der Waals surface area contributed by atoms with E-state index < -0.39 is 41.1 Å². The van der Waals surface area contributed by atoms with Crippen LogP contribution in [-0.4, -0.2) is 45.6 Å². The van der Waals surface area contributed by atoms with Crippen LogP contribution in [0.15, 0.2) is 83.5 Å². The second-order valence-electron chi connectivity index (χ2n) is 9.31. The summed E-state index contributed by atoms with van der Waals surface area (Å²) in [5, 5.41) is 2.16. The van der Waals surface area contributed by atoms with Gasteiger partial charge in [-0.15, -0.1) is 11.8 Å². The predicted octanol–water partition coefficient (Wildman–Crippen LogP) is 5.13. The molecule has 2 aromatic carbocycles. The zero-order valence-electron chi connectivity index (χ0n) is 20.1. The second kappa shape index (κ2) is 10.8. The highest BCUT2D eigenvalue weighted by molar-refractivity contribution is 8.00. The van der Waals surface area contributed by atoms with Crippen molar-refractivity contribution in [3.63, 3.8) is 0 Å². The first-order valence-corrected chi connectivity index (χ1v) is 12.9. The van der Waals surface area contributed by atoms with Gasteiger partial charge in [0, 0.05) is 11.3 Å². The Balaban J connectivity index is 1.60. The third-order valence-electron chi connectivity index (χ3n) is 5.56. The summed E-state index contributed by atoms with van der Waals surface area (Å²) in [5.41, 5.74) is 2.89. The fraction of sp³-hybridized carbons (Fsp3) is 0.296. The summed E-state index contributed by atoms with van der Waals surface area (Å²) in [6.07, 6.45) is 0.228. The number of fused-ring (bicyclic) bond motifs is 1. The Hall–Kier alpha value is -3.23. The molecule has 1 N–H and O–H groups in total. The van der Waals surface area contributed by atoms with Gasteiger partial charge in [-0.2, -0.15) is 0 Å². The van der Waals surface area contributed by atoms with Gasteiger partial charge in [-0.1, -0.05) is 72.3 Å². The van der Waals surface area contributed by atoms with E-state index in [1.807, 2.05) is 60.7 Å². The Bertz CT molecular complexity index is 1150. The lowest BCUT2D eigenvalue weighted by molar-refractivity contribution is -0.153. The van der Waals surface area contributed by atoms with E-state index in [0.717, 1.165) is 11.1 Å². The molecular formula is C27H27ClN2O5S. The van der Waals surface area contributed by atoms with Gasteiger partial charge in [0.25, 0.3) is 5.91 Å². The number of nitrogens with zero attached hydrogens (tertiary/aromatic N) is 1. The average Bonchev–Trinajstić information content (AvgIpc) is 2.85. The van der Waals surface area contributed by atoms with Crippen LogP contribution >= 0.6 is 23.4 Å². The van der Waals surface area contributed by atoms with Crippen LogP contribution in [0.3, 0.4) is 0 Å². The van der Waals surface area contributed by atoms with E-state index in [4.69, 9.17) is 21.1 Å². The Morgan fingerprint density at radius 1 is 1.08 bits per heavy atom. The highest BCUT2D eigenvalue weighted by atomic mass is 35.5. The summed E-state index contributed by atoms with van der Waals surface area (Å²) in [4.78, 5) is 40.4. The monoisotopic (exact) mass is 526 g/mol. The highest BCUT2D eigenvalue weighted by Crippen LogP contribution is 2.42. The summed E-state index contributed by atoms with van der Waals surface area (Å²) in [6, 6.07) is 18.0. The number of ether oxygens (including phenoxy) is 2. The molecular weight excluding hydrogens is 500 g/mol. The number of carbonyl (C=O) groups excluding carboxylic acids is 3. The van der Waals surface area contributed by atoms with E-state index in [1.165, 1.54) is 22.2 Å². The molecule has 4 rings (SSSR count). The largest absolute Gasteiger partial charge is 0.448 e. The third-order valence-corrected chi connectivity index (χ3v) is 6.99. The van der Waals surface area contributed by atoms with Crippen molar-refractivity contribution in [2.24, 2.45) is 0 Å². The van der Waals surface area contributed by atoms with Crippen molar-refractivity contribution in [3.8, 4) is 0 Å². The molecule has 188 valence electrons. The molecule has 7 nitrogen and oxygen atoms in total. The number of thioether (sulfide) groups is 1. The van der Waals surface area contributed by atoms with Gasteiger partial charge in [-0.3, -0.25) is 9.69 Å². The molecule has 1 saturated heterocycles. The Kier molecular flexibility index (Phi) is 7.76. The van der Waals surface area contributed by atoms with E-state index in [-0.39, 0.29) is 5.70 Å². The van der Waals surface area contributed by atoms with Crippen LogP contribution in [-0.2, 0) is 19.1 Å². The average molecular weight is 527 g/mol. The standard InChI is InChI=1S/C27H27ClN2O5S/c1-27(2,3)35-26(33)29-20-23(31)30-21(19(14-15-28)16-36-24(20)30)25(32)34-22(17-10-6-4-7-11-17)18-12-8-5-9-13-18/h4-15,20,22,24H,16H2,1-3H3,(H,29,33)/b15-14+/t20?,24-/m0/s1. The molecule has 36 heavy (non-hydrogen) atoms. The first-order chi connectivity index (χ1) is 17.2. The normalized spacial score (nSPS) is 19.7. The summed E-state index contributed by atoms with van der Waals surface area (Å²) < 4.78 is 11.3. The fourth-order valence-electron chi connectivity index (χ4n) is 4.02. The van der Waals surface area contributed by atoms with Gasteiger partial charge < -0.3 is 14.8 Å². The minimum Gasteiger partial charge on any atom is -0.448 e. The maximum atomic E-state index is 13.6. The molecule has 1 unspecified atom stereocenters. The first-order valence-electron chi connectivity index (χ1n) is 11.4. The summed E-state index contributed by atoms with van der Waals surface area (Å²) >= 11 is 7.27.